The number of para-hydroxylation sites is 1. The van der Waals surface area contributed by atoms with Crippen LogP contribution >= 0.6 is 0 Å². The summed E-state index contributed by atoms with van der Waals surface area (Å²) in [6.07, 6.45) is -0.210. The normalized spacial score (nSPS) is 9.22. The van der Waals surface area contributed by atoms with Crippen LogP contribution < -0.4 is 4.74 Å². The third-order valence-electron chi connectivity index (χ3n) is 1.70. The van der Waals surface area contributed by atoms with Crippen LogP contribution in [0.1, 0.15) is 45.0 Å². The summed E-state index contributed by atoms with van der Waals surface area (Å²) >= 11 is 0. The summed E-state index contributed by atoms with van der Waals surface area (Å²) in [6, 6.07) is 6.48. The van der Waals surface area contributed by atoms with Gasteiger partial charge in [-0.25, -0.2) is 4.79 Å². The fourth-order valence-electron chi connectivity index (χ4n) is 1.16. The zero-order valence-corrected chi connectivity index (χ0v) is 11.5. The van der Waals surface area contributed by atoms with Crippen LogP contribution in [0.5, 0.6) is 5.75 Å². The first-order valence-corrected chi connectivity index (χ1v) is 5.99. The summed E-state index contributed by atoms with van der Waals surface area (Å²) < 4.78 is 9.94. The number of ether oxygens (including phenoxy) is 2. The minimum atomic E-state index is -0.494. The molecule has 0 N–H and O–H groups in total. The molecule has 1 aromatic rings. The van der Waals surface area contributed by atoms with E-state index in [0.29, 0.717) is 0 Å². The van der Waals surface area contributed by atoms with E-state index in [-0.39, 0.29) is 17.4 Å². The molecule has 0 amide bonds. The van der Waals surface area contributed by atoms with Gasteiger partial charge in [-0.05, 0) is 26.0 Å². The molecular weight excluding hydrogens is 232 g/mol. The molecule has 1 aromatic carbocycles. The first-order chi connectivity index (χ1) is 8.50. The summed E-state index contributed by atoms with van der Waals surface area (Å²) in [6.45, 7) is 8.79. The Labute approximate surface area is 108 Å². The largest absolute Gasteiger partial charge is 0.459 e. The van der Waals surface area contributed by atoms with Crippen molar-refractivity contribution in [2.75, 3.05) is 0 Å². The number of hydrogen-bond donors (Lipinski definition) is 0. The fraction of sp³-hybridized carbons (Fsp3) is 0.429. The molecule has 0 spiro atoms. The summed E-state index contributed by atoms with van der Waals surface area (Å²) in [5.41, 5.74) is 0.256. The molecule has 0 aliphatic heterocycles. The van der Waals surface area contributed by atoms with Gasteiger partial charge in [-0.3, -0.25) is 4.79 Å². The molecule has 4 nitrogen and oxygen atoms in total. The van der Waals surface area contributed by atoms with Crippen LogP contribution in [0.25, 0.3) is 0 Å². The summed E-state index contributed by atoms with van der Waals surface area (Å²) in [5.74, 6) is -0.739. The molecule has 18 heavy (non-hydrogen) atoms. The van der Waals surface area contributed by atoms with Crippen LogP contribution in [-0.4, -0.2) is 18.0 Å². The zero-order chi connectivity index (χ0) is 14.1. The SMILES string of the molecule is CC.CC(=O)Oc1ccccc1C(=O)OC(C)C. The maximum atomic E-state index is 11.6. The fourth-order valence-corrected chi connectivity index (χ4v) is 1.16. The lowest BCUT2D eigenvalue weighted by Gasteiger charge is -2.10. The molecule has 0 bridgehead atoms. The third-order valence-corrected chi connectivity index (χ3v) is 1.70. The number of carbonyl (C=O) groups is 2. The van der Waals surface area contributed by atoms with Crippen molar-refractivity contribution in [1.29, 1.82) is 0 Å². The number of rotatable bonds is 3. The standard InChI is InChI=1S/C12H14O4.C2H6/c1-8(2)15-12(14)10-6-4-5-7-11(10)16-9(3)13;1-2/h4-8H,1-3H3;1-2H3. The van der Waals surface area contributed by atoms with E-state index in [0.717, 1.165) is 0 Å². The van der Waals surface area contributed by atoms with Gasteiger partial charge in [-0.2, -0.15) is 0 Å². The van der Waals surface area contributed by atoms with Crippen molar-refractivity contribution in [1.82, 2.24) is 0 Å². The maximum absolute atomic E-state index is 11.6. The first-order valence-electron chi connectivity index (χ1n) is 5.99. The monoisotopic (exact) mass is 252 g/mol. The molecule has 1 rings (SSSR count). The maximum Gasteiger partial charge on any atom is 0.342 e. The predicted octanol–water partition coefficient (Wildman–Crippen LogP) is 3.20. The van der Waals surface area contributed by atoms with E-state index in [1.54, 1.807) is 38.1 Å². The van der Waals surface area contributed by atoms with Crippen molar-refractivity contribution in [3.63, 3.8) is 0 Å². The van der Waals surface area contributed by atoms with Crippen LogP contribution in [0.3, 0.4) is 0 Å². The van der Waals surface area contributed by atoms with Gasteiger partial charge in [0.2, 0.25) is 0 Å². The van der Waals surface area contributed by atoms with E-state index in [1.807, 2.05) is 13.8 Å². The van der Waals surface area contributed by atoms with Crippen molar-refractivity contribution in [2.45, 2.75) is 40.7 Å². The average Bonchev–Trinajstić information content (AvgIpc) is 2.30. The summed E-state index contributed by atoms with van der Waals surface area (Å²) in [7, 11) is 0. The molecule has 0 fully saturated rings. The van der Waals surface area contributed by atoms with Gasteiger partial charge in [0.1, 0.15) is 11.3 Å². The van der Waals surface area contributed by atoms with Gasteiger partial charge < -0.3 is 9.47 Å². The molecular formula is C14H20O4. The van der Waals surface area contributed by atoms with Gasteiger partial charge in [-0.1, -0.05) is 26.0 Å². The van der Waals surface area contributed by atoms with E-state index >= 15 is 0 Å². The molecule has 0 saturated heterocycles. The first kappa shape index (κ1) is 16.2. The zero-order valence-electron chi connectivity index (χ0n) is 11.5. The Hall–Kier alpha value is -1.84. The second kappa shape index (κ2) is 8.28. The minimum Gasteiger partial charge on any atom is -0.459 e. The number of esters is 2. The van der Waals surface area contributed by atoms with E-state index in [9.17, 15) is 9.59 Å². The highest BCUT2D eigenvalue weighted by atomic mass is 16.6. The van der Waals surface area contributed by atoms with Crippen molar-refractivity contribution in [2.24, 2.45) is 0 Å². The van der Waals surface area contributed by atoms with Crippen molar-refractivity contribution < 1.29 is 19.1 Å². The molecule has 4 heteroatoms. The van der Waals surface area contributed by atoms with E-state index in [4.69, 9.17) is 9.47 Å². The smallest absolute Gasteiger partial charge is 0.342 e. The van der Waals surface area contributed by atoms with Crippen molar-refractivity contribution in [3.05, 3.63) is 29.8 Å². The second-order valence-corrected chi connectivity index (χ2v) is 3.54. The molecule has 0 saturated carbocycles. The Kier molecular flexibility index (Phi) is 7.43. The van der Waals surface area contributed by atoms with Crippen LogP contribution in [0.2, 0.25) is 0 Å². The van der Waals surface area contributed by atoms with E-state index in [2.05, 4.69) is 0 Å². The minimum absolute atomic E-state index is 0.210. The summed E-state index contributed by atoms with van der Waals surface area (Å²) in [4.78, 5) is 22.5. The molecule has 0 aromatic heterocycles. The summed E-state index contributed by atoms with van der Waals surface area (Å²) in [5, 5.41) is 0. The molecule has 0 atom stereocenters. The Bertz CT molecular complexity index is 397. The lowest BCUT2D eigenvalue weighted by atomic mass is 10.2. The highest BCUT2D eigenvalue weighted by Crippen LogP contribution is 2.19. The Morgan fingerprint density at radius 3 is 2.17 bits per heavy atom. The highest BCUT2D eigenvalue weighted by molar-refractivity contribution is 5.93. The van der Waals surface area contributed by atoms with Gasteiger partial charge in [0.25, 0.3) is 0 Å². The van der Waals surface area contributed by atoms with Gasteiger partial charge in [-0.15, -0.1) is 0 Å². The predicted molar refractivity (Wildman–Crippen MR) is 69.7 cm³/mol. The van der Waals surface area contributed by atoms with Crippen LogP contribution in [0.4, 0.5) is 0 Å². The van der Waals surface area contributed by atoms with Gasteiger partial charge >= 0.3 is 11.9 Å². The molecule has 0 aliphatic carbocycles. The second-order valence-electron chi connectivity index (χ2n) is 3.54. The highest BCUT2D eigenvalue weighted by Gasteiger charge is 2.15. The topological polar surface area (TPSA) is 52.6 Å². The number of carbonyl (C=O) groups excluding carboxylic acids is 2. The molecule has 0 heterocycles. The van der Waals surface area contributed by atoms with Gasteiger partial charge in [0, 0.05) is 6.92 Å². The van der Waals surface area contributed by atoms with Crippen LogP contribution in [-0.2, 0) is 9.53 Å². The number of hydrogen-bond acceptors (Lipinski definition) is 4. The van der Waals surface area contributed by atoms with Crippen molar-refractivity contribution in [3.8, 4) is 5.75 Å². The van der Waals surface area contributed by atoms with Gasteiger partial charge in [0.05, 0.1) is 6.10 Å². The van der Waals surface area contributed by atoms with Crippen LogP contribution in [0.15, 0.2) is 24.3 Å². The lowest BCUT2D eigenvalue weighted by molar-refractivity contribution is -0.131. The number of benzene rings is 1. The quantitative estimate of drug-likeness (QED) is 0.612. The van der Waals surface area contributed by atoms with Crippen molar-refractivity contribution >= 4 is 11.9 Å². The molecule has 100 valence electrons. The molecule has 0 unspecified atom stereocenters. The third kappa shape index (κ3) is 5.48. The molecule has 0 radical (unpaired) electrons. The van der Waals surface area contributed by atoms with Crippen LogP contribution in [0, 0.1) is 0 Å². The Morgan fingerprint density at radius 2 is 1.67 bits per heavy atom. The van der Waals surface area contributed by atoms with E-state index < -0.39 is 11.9 Å². The molecule has 0 aliphatic rings. The average molecular weight is 252 g/mol. The lowest BCUT2D eigenvalue weighted by Crippen LogP contribution is -2.14. The van der Waals surface area contributed by atoms with Gasteiger partial charge in [0.15, 0.2) is 0 Å². The Morgan fingerprint density at radius 1 is 1.11 bits per heavy atom. The van der Waals surface area contributed by atoms with E-state index in [1.165, 1.54) is 6.92 Å². The Balaban J connectivity index is 0.00000137.